The predicted molar refractivity (Wildman–Crippen MR) is 59.9 cm³/mol. The average molecular weight is 189 g/mol. The van der Waals surface area contributed by atoms with Crippen LogP contribution in [0.2, 0.25) is 0 Å². The number of hydrogen-bond donors (Lipinski definition) is 0. The summed E-state index contributed by atoms with van der Waals surface area (Å²) >= 11 is 0. The minimum absolute atomic E-state index is 0.0999. The highest BCUT2D eigenvalue weighted by molar-refractivity contribution is 5.94. The number of nitrogens with zero attached hydrogens (tertiary/aromatic N) is 1. The number of benzene rings is 1. The van der Waals surface area contributed by atoms with Gasteiger partial charge in [0.25, 0.3) is 0 Å². The Morgan fingerprint density at radius 3 is 2.43 bits per heavy atom. The Morgan fingerprint density at radius 1 is 1.43 bits per heavy atom. The lowest BCUT2D eigenvalue weighted by Crippen LogP contribution is -2.16. The quantitative estimate of drug-likeness (QED) is 0.536. The first-order valence-electron chi connectivity index (χ1n) is 4.58. The van der Waals surface area contributed by atoms with Crippen LogP contribution in [0.15, 0.2) is 36.9 Å². The van der Waals surface area contributed by atoms with Gasteiger partial charge in [-0.05, 0) is 31.2 Å². The molecule has 2 nitrogen and oxygen atoms in total. The Labute approximate surface area is 84.9 Å². The molecule has 0 fully saturated rings. The van der Waals surface area contributed by atoms with Crippen molar-refractivity contribution in [1.29, 1.82) is 0 Å². The molecule has 0 heterocycles. The summed E-state index contributed by atoms with van der Waals surface area (Å²) in [4.78, 5) is 13.1. The van der Waals surface area contributed by atoms with E-state index >= 15 is 0 Å². The van der Waals surface area contributed by atoms with E-state index in [4.69, 9.17) is 0 Å². The molecular weight excluding hydrogens is 174 g/mol. The number of Topliss-reactive ketones (excluding diaryl/α,β-unsaturated/α-hetero) is 1. The van der Waals surface area contributed by atoms with Gasteiger partial charge in [0, 0.05) is 24.8 Å². The Hall–Kier alpha value is -1.57. The van der Waals surface area contributed by atoms with Gasteiger partial charge in [-0.25, -0.2) is 0 Å². The van der Waals surface area contributed by atoms with Crippen LogP contribution >= 0.6 is 0 Å². The maximum atomic E-state index is 11.0. The van der Waals surface area contributed by atoms with Crippen molar-refractivity contribution in [2.45, 2.75) is 6.92 Å². The number of carbonyl (C=O) groups excluding carboxylic acids is 1. The summed E-state index contributed by atoms with van der Waals surface area (Å²) in [5.41, 5.74) is 1.84. The number of ketones is 1. The van der Waals surface area contributed by atoms with Gasteiger partial charge < -0.3 is 4.90 Å². The smallest absolute Gasteiger partial charge is 0.159 e. The van der Waals surface area contributed by atoms with Gasteiger partial charge in [0.15, 0.2) is 5.78 Å². The molecule has 0 bridgehead atoms. The van der Waals surface area contributed by atoms with Crippen LogP contribution < -0.4 is 4.90 Å². The molecule has 14 heavy (non-hydrogen) atoms. The highest BCUT2D eigenvalue weighted by Crippen LogP contribution is 2.13. The SMILES string of the molecule is C=CCN(C)c1ccc(C(C)=O)cc1. The van der Waals surface area contributed by atoms with E-state index in [1.807, 2.05) is 37.4 Å². The van der Waals surface area contributed by atoms with Crippen LogP contribution in [0.1, 0.15) is 17.3 Å². The molecule has 0 saturated carbocycles. The predicted octanol–water partition coefficient (Wildman–Crippen LogP) is 2.51. The zero-order chi connectivity index (χ0) is 10.6. The summed E-state index contributed by atoms with van der Waals surface area (Å²) < 4.78 is 0. The summed E-state index contributed by atoms with van der Waals surface area (Å²) in [5, 5.41) is 0. The lowest BCUT2D eigenvalue weighted by molar-refractivity contribution is 0.101. The first-order chi connectivity index (χ1) is 6.65. The molecule has 0 amide bonds. The van der Waals surface area contributed by atoms with E-state index < -0.39 is 0 Å². The molecule has 0 spiro atoms. The molecule has 2 heteroatoms. The molecule has 0 aliphatic heterocycles. The van der Waals surface area contributed by atoms with Gasteiger partial charge in [-0.2, -0.15) is 0 Å². The van der Waals surface area contributed by atoms with Crippen LogP contribution in [0, 0.1) is 0 Å². The third-order valence-corrected chi connectivity index (χ3v) is 2.12. The molecule has 0 N–H and O–H groups in total. The van der Waals surface area contributed by atoms with Crippen molar-refractivity contribution in [2.24, 2.45) is 0 Å². The fourth-order valence-corrected chi connectivity index (χ4v) is 1.25. The van der Waals surface area contributed by atoms with E-state index in [9.17, 15) is 4.79 Å². The Balaban J connectivity index is 2.82. The lowest BCUT2D eigenvalue weighted by atomic mass is 10.1. The Bertz CT molecular complexity index is 327. The van der Waals surface area contributed by atoms with Crippen molar-refractivity contribution in [1.82, 2.24) is 0 Å². The van der Waals surface area contributed by atoms with E-state index in [1.54, 1.807) is 6.92 Å². The van der Waals surface area contributed by atoms with Crippen LogP contribution in [0.25, 0.3) is 0 Å². The lowest BCUT2D eigenvalue weighted by Gasteiger charge is -2.16. The van der Waals surface area contributed by atoms with Gasteiger partial charge in [0.2, 0.25) is 0 Å². The molecule has 0 radical (unpaired) electrons. The van der Waals surface area contributed by atoms with Crippen LogP contribution in [-0.4, -0.2) is 19.4 Å². The molecule has 0 saturated heterocycles. The van der Waals surface area contributed by atoms with Gasteiger partial charge in [-0.1, -0.05) is 6.08 Å². The summed E-state index contributed by atoms with van der Waals surface area (Å²) in [5.74, 6) is 0.0999. The van der Waals surface area contributed by atoms with Gasteiger partial charge in [0.1, 0.15) is 0 Å². The number of likely N-dealkylation sites (N-methyl/N-ethyl adjacent to an activating group) is 1. The monoisotopic (exact) mass is 189 g/mol. The van der Waals surface area contributed by atoms with E-state index in [0.29, 0.717) is 0 Å². The van der Waals surface area contributed by atoms with Crippen LogP contribution in [-0.2, 0) is 0 Å². The molecule has 0 unspecified atom stereocenters. The normalized spacial score (nSPS) is 9.57. The third-order valence-electron chi connectivity index (χ3n) is 2.12. The first kappa shape index (κ1) is 10.5. The second-order valence-electron chi connectivity index (χ2n) is 3.27. The summed E-state index contributed by atoms with van der Waals surface area (Å²) in [7, 11) is 1.99. The van der Waals surface area contributed by atoms with Crippen molar-refractivity contribution < 1.29 is 4.79 Å². The van der Waals surface area contributed by atoms with Crippen molar-refractivity contribution in [3.8, 4) is 0 Å². The second kappa shape index (κ2) is 4.61. The zero-order valence-corrected chi connectivity index (χ0v) is 8.66. The number of rotatable bonds is 4. The maximum absolute atomic E-state index is 11.0. The van der Waals surface area contributed by atoms with Crippen molar-refractivity contribution in [2.75, 3.05) is 18.5 Å². The largest absolute Gasteiger partial charge is 0.371 e. The summed E-state index contributed by atoms with van der Waals surface area (Å²) in [6, 6.07) is 7.58. The highest BCUT2D eigenvalue weighted by Gasteiger charge is 2.00. The fraction of sp³-hybridized carbons (Fsp3) is 0.250. The van der Waals surface area contributed by atoms with Gasteiger partial charge in [0.05, 0.1) is 0 Å². The molecule has 1 rings (SSSR count). The standard InChI is InChI=1S/C12H15NO/c1-4-9-13(3)12-7-5-11(6-8-12)10(2)14/h4-8H,1,9H2,2-3H3. The summed E-state index contributed by atoms with van der Waals surface area (Å²) in [6.07, 6.45) is 1.85. The Morgan fingerprint density at radius 2 is 2.00 bits per heavy atom. The molecule has 74 valence electrons. The average Bonchev–Trinajstić information content (AvgIpc) is 2.18. The van der Waals surface area contributed by atoms with Crippen molar-refractivity contribution >= 4 is 11.5 Å². The molecule has 0 atom stereocenters. The van der Waals surface area contributed by atoms with Gasteiger partial charge in [-0.15, -0.1) is 6.58 Å². The van der Waals surface area contributed by atoms with E-state index in [0.717, 1.165) is 17.8 Å². The topological polar surface area (TPSA) is 20.3 Å². The van der Waals surface area contributed by atoms with Crippen LogP contribution in [0.4, 0.5) is 5.69 Å². The Kier molecular flexibility index (Phi) is 3.46. The van der Waals surface area contributed by atoms with Crippen molar-refractivity contribution in [3.63, 3.8) is 0 Å². The van der Waals surface area contributed by atoms with Crippen molar-refractivity contribution in [3.05, 3.63) is 42.5 Å². The minimum atomic E-state index is 0.0999. The highest BCUT2D eigenvalue weighted by atomic mass is 16.1. The van der Waals surface area contributed by atoms with E-state index in [2.05, 4.69) is 11.5 Å². The third kappa shape index (κ3) is 2.46. The molecule has 0 aliphatic rings. The summed E-state index contributed by atoms with van der Waals surface area (Å²) in [6.45, 7) is 6.05. The number of anilines is 1. The fourth-order valence-electron chi connectivity index (χ4n) is 1.25. The zero-order valence-electron chi connectivity index (χ0n) is 8.66. The molecular formula is C12H15NO. The number of hydrogen-bond acceptors (Lipinski definition) is 2. The van der Waals surface area contributed by atoms with Gasteiger partial charge in [-0.3, -0.25) is 4.79 Å². The molecule has 1 aromatic carbocycles. The van der Waals surface area contributed by atoms with Gasteiger partial charge >= 0.3 is 0 Å². The molecule has 0 aromatic heterocycles. The second-order valence-corrected chi connectivity index (χ2v) is 3.27. The van der Waals surface area contributed by atoms with E-state index in [1.165, 1.54) is 0 Å². The first-order valence-corrected chi connectivity index (χ1v) is 4.58. The number of carbonyl (C=O) groups is 1. The molecule has 0 aliphatic carbocycles. The van der Waals surface area contributed by atoms with Crippen LogP contribution in [0.5, 0.6) is 0 Å². The van der Waals surface area contributed by atoms with Crippen LogP contribution in [0.3, 0.4) is 0 Å². The van der Waals surface area contributed by atoms with E-state index in [-0.39, 0.29) is 5.78 Å². The minimum Gasteiger partial charge on any atom is -0.371 e. The molecule has 1 aromatic rings. The maximum Gasteiger partial charge on any atom is 0.159 e.